The van der Waals surface area contributed by atoms with Gasteiger partial charge in [-0.15, -0.1) is 0 Å². The van der Waals surface area contributed by atoms with Gasteiger partial charge >= 0.3 is 12.1 Å². The van der Waals surface area contributed by atoms with E-state index in [2.05, 4.69) is 10.3 Å². The van der Waals surface area contributed by atoms with E-state index in [4.69, 9.17) is 22.1 Å². The molecule has 0 fully saturated rings. The topological polar surface area (TPSA) is 93.8 Å². The number of anilines is 1. The number of rotatable bonds is 7. The molecule has 0 saturated carbocycles. The summed E-state index contributed by atoms with van der Waals surface area (Å²) in [5, 5.41) is 2.91. The Kier molecular flexibility index (Phi) is 8.50. The number of allylic oxidation sites excluding steroid dienone is 2. The van der Waals surface area contributed by atoms with Gasteiger partial charge in [0.1, 0.15) is 5.70 Å². The predicted molar refractivity (Wildman–Crippen MR) is 133 cm³/mol. The standard InChI is InChI=1S/C26H21ClF3N3O3/c1-2-36-25(35)18-6-5-7-19(14-18)32-24(34)17-12-10-16(11-13-17)22(15-23(31)26(28,29)30)33-21-9-4-3-8-20(21)27/h3-15H,2,31H2,1H3,(H,32,34)/b23-15-,33-22?. The van der Waals surface area contributed by atoms with Crippen molar-refractivity contribution < 1.29 is 27.5 Å². The van der Waals surface area contributed by atoms with Gasteiger partial charge in [0.05, 0.1) is 28.6 Å². The van der Waals surface area contributed by atoms with Gasteiger partial charge in [-0.25, -0.2) is 9.79 Å². The smallest absolute Gasteiger partial charge is 0.430 e. The molecule has 3 aromatic carbocycles. The molecule has 0 spiro atoms. The Hall–Kier alpha value is -4.11. The van der Waals surface area contributed by atoms with Crippen molar-refractivity contribution in [3.8, 4) is 0 Å². The average molecular weight is 516 g/mol. The van der Waals surface area contributed by atoms with Gasteiger partial charge in [0.25, 0.3) is 5.91 Å². The number of benzene rings is 3. The monoisotopic (exact) mass is 515 g/mol. The van der Waals surface area contributed by atoms with E-state index in [1.165, 1.54) is 30.3 Å². The van der Waals surface area contributed by atoms with E-state index in [1.807, 2.05) is 0 Å². The highest BCUT2D eigenvalue weighted by molar-refractivity contribution is 6.33. The highest BCUT2D eigenvalue weighted by Gasteiger charge is 2.31. The lowest BCUT2D eigenvalue weighted by molar-refractivity contribution is -0.0925. The zero-order valence-electron chi connectivity index (χ0n) is 19.0. The van der Waals surface area contributed by atoms with Crippen LogP contribution in [0, 0.1) is 0 Å². The second kappa shape index (κ2) is 11.5. The van der Waals surface area contributed by atoms with Crippen LogP contribution in [-0.4, -0.2) is 30.4 Å². The number of amides is 1. The summed E-state index contributed by atoms with van der Waals surface area (Å²) in [5.41, 5.74) is 5.21. The van der Waals surface area contributed by atoms with Gasteiger partial charge < -0.3 is 15.8 Å². The number of hydrogen-bond donors (Lipinski definition) is 2. The second-order valence-electron chi connectivity index (χ2n) is 7.38. The molecule has 0 aliphatic carbocycles. The number of carbonyl (C=O) groups excluding carboxylic acids is 2. The molecule has 0 aromatic heterocycles. The zero-order valence-corrected chi connectivity index (χ0v) is 19.7. The maximum absolute atomic E-state index is 13.1. The lowest BCUT2D eigenvalue weighted by atomic mass is 10.1. The van der Waals surface area contributed by atoms with Crippen LogP contribution in [0.3, 0.4) is 0 Å². The molecule has 186 valence electrons. The largest absolute Gasteiger partial charge is 0.462 e. The zero-order chi connectivity index (χ0) is 26.3. The summed E-state index contributed by atoms with van der Waals surface area (Å²) in [6.45, 7) is 1.90. The van der Waals surface area contributed by atoms with E-state index in [1.54, 1.807) is 49.4 Å². The predicted octanol–water partition coefficient (Wildman–Crippen LogP) is 6.29. The first-order chi connectivity index (χ1) is 17.1. The van der Waals surface area contributed by atoms with Crippen LogP contribution in [0.5, 0.6) is 0 Å². The second-order valence-corrected chi connectivity index (χ2v) is 7.79. The Bertz CT molecular complexity index is 1320. The fourth-order valence-corrected chi connectivity index (χ4v) is 3.19. The Morgan fingerprint density at radius 3 is 2.31 bits per heavy atom. The van der Waals surface area contributed by atoms with Gasteiger partial charge in [0.15, 0.2) is 0 Å². The minimum atomic E-state index is -4.75. The number of alkyl halides is 3. The minimum Gasteiger partial charge on any atom is -0.462 e. The minimum absolute atomic E-state index is 0.0907. The molecule has 0 atom stereocenters. The van der Waals surface area contributed by atoms with Crippen LogP contribution in [0.1, 0.15) is 33.2 Å². The fraction of sp³-hybridized carbons (Fsp3) is 0.115. The summed E-state index contributed by atoms with van der Waals surface area (Å²) in [4.78, 5) is 28.8. The highest BCUT2D eigenvalue weighted by Crippen LogP contribution is 2.27. The van der Waals surface area contributed by atoms with Crippen molar-refractivity contribution in [2.24, 2.45) is 10.7 Å². The number of halogens is 4. The van der Waals surface area contributed by atoms with E-state index in [0.29, 0.717) is 11.8 Å². The number of ether oxygens (including phenoxy) is 1. The van der Waals surface area contributed by atoms with Gasteiger partial charge in [-0.1, -0.05) is 41.9 Å². The molecule has 3 rings (SSSR count). The molecule has 3 aromatic rings. The molecule has 36 heavy (non-hydrogen) atoms. The summed E-state index contributed by atoms with van der Waals surface area (Å²) in [5.74, 6) is -1.01. The van der Waals surface area contributed by atoms with Crippen LogP contribution in [0.4, 0.5) is 24.5 Å². The van der Waals surface area contributed by atoms with Crippen LogP contribution in [0.2, 0.25) is 5.02 Å². The number of para-hydroxylation sites is 1. The van der Waals surface area contributed by atoms with Crippen molar-refractivity contribution in [1.82, 2.24) is 0 Å². The van der Waals surface area contributed by atoms with Crippen molar-refractivity contribution in [1.29, 1.82) is 0 Å². The number of hydrogen-bond acceptors (Lipinski definition) is 5. The number of esters is 1. The molecular weight excluding hydrogens is 495 g/mol. The molecule has 0 saturated heterocycles. The number of nitrogens with zero attached hydrogens (tertiary/aromatic N) is 1. The Balaban J connectivity index is 1.88. The molecule has 0 unspecified atom stereocenters. The molecule has 0 aliphatic heterocycles. The number of nitrogens with one attached hydrogen (secondary N) is 1. The van der Waals surface area contributed by atoms with Crippen LogP contribution in [0.15, 0.2) is 89.6 Å². The lowest BCUT2D eigenvalue weighted by Crippen LogP contribution is -2.21. The van der Waals surface area contributed by atoms with Crippen molar-refractivity contribution in [3.63, 3.8) is 0 Å². The van der Waals surface area contributed by atoms with E-state index in [0.717, 1.165) is 0 Å². The highest BCUT2D eigenvalue weighted by atomic mass is 35.5. The quantitative estimate of drug-likeness (QED) is 0.285. The van der Waals surface area contributed by atoms with E-state index in [9.17, 15) is 22.8 Å². The van der Waals surface area contributed by atoms with Gasteiger partial charge in [-0.3, -0.25) is 4.79 Å². The van der Waals surface area contributed by atoms with E-state index in [-0.39, 0.29) is 39.7 Å². The van der Waals surface area contributed by atoms with Crippen LogP contribution < -0.4 is 11.1 Å². The summed E-state index contributed by atoms with van der Waals surface area (Å²) < 4.78 is 44.2. The van der Waals surface area contributed by atoms with Crippen LogP contribution in [0.25, 0.3) is 0 Å². The van der Waals surface area contributed by atoms with Gasteiger partial charge in [-0.2, -0.15) is 13.2 Å². The third kappa shape index (κ3) is 6.96. The lowest BCUT2D eigenvalue weighted by Gasteiger charge is -2.10. The van der Waals surface area contributed by atoms with Crippen molar-refractivity contribution in [3.05, 3.63) is 106 Å². The summed E-state index contributed by atoms with van der Waals surface area (Å²) in [6, 6.07) is 18.4. The molecule has 10 heteroatoms. The van der Waals surface area contributed by atoms with Crippen molar-refractivity contribution in [2.75, 3.05) is 11.9 Å². The molecule has 6 nitrogen and oxygen atoms in total. The van der Waals surface area contributed by atoms with Gasteiger partial charge in [0.2, 0.25) is 0 Å². The van der Waals surface area contributed by atoms with Crippen molar-refractivity contribution in [2.45, 2.75) is 13.1 Å². The maximum atomic E-state index is 13.1. The SMILES string of the molecule is CCOC(=O)c1cccc(NC(=O)c2ccc(C(/C=C(\N)C(F)(F)F)=Nc3ccccc3Cl)cc2)c1. The maximum Gasteiger partial charge on any atom is 0.430 e. The van der Waals surface area contributed by atoms with Crippen LogP contribution in [-0.2, 0) is 4.74 Å². The first-order valence-corrected chi connectivity index (χ1v) is 11.0. The summed E-state index contributed by atoms with van der Waals surface area (Å²) >= 11 is 6.11. The van der Waals surface area contributed by atoms with Gasteiger partial charge in [-0.05, 0) is 55.5 Å². The number of carbonyl (C=O) groups is 2. The molecule has 0 heterocycles. The molecule has 0 radical (unpaired) electrons. The number of nitrogens with two attached hydrogens (primary N) is 1. The molecule has 3 N–H and O–H groups in total. The number of aliphatic imine (C=N–C) groups is 1. The fourth-order valence-electron chi connectivity index (χ4n) is 3.02. The van der Waals surface area contributed by atoms with Crippen molar-refractivity contribution >= 4 is 40.6 Å². The third-order valence-electron chi connectivity index (χ3n) is 4.79. The Labute approximate surface area is 210 Å². The molecular formula is C26H21ClF3N3O3. The van der Waals surface area contributed by atoms with E-state index >= 15 is 0 Å². The first-order valence-electron chi connectivity index (χ1n) is 10.6. The molecule has 0 aliphatic rings. The summed E-state index contributed by atoms with van der Waals surface area (Å²) in [6.07, 6.45) is -4.04. The third-order valence-corrected chi connectivity index (χ3v) is 5.11. The van der Waals surface area contributed by atoms with Crippen LogP contribution >= 0.6 is 11.6 Å². The Morgan fingerprint density at radius 1 is 1.00 bits per heavy atom. The normalized spacial score (nSPS) is 12.2. The summed E-state index contributed by atoms with van der Waals surface area (Å²) in [7, 11) is 0. The molecule has 0 bridgehead atoms. The molecule has 1 amide bonds. The Morgan fingerprint density at radius 2 is 1.67 bits per heavy atom. The van der Waals surface area contributed by atoms with E-state index < -0.39 is 23.7 Å². The first kappa shape index (κ1) is 26.5. The van der Waals surface area contributed by atoms with Gasteiger partial charge in [0, 0.05) is 16.8 Å². The average Bonchev–Trinajstić information content (AvgIpc) is 2.84.